The van der Waals surface area contributed by atoms with E-state index in [0.717, 1.165) is 49.8 Å². The maximum absolute atomic E-state index is 12.5. The van der Waals surface area contributed by atoms with E-state index in [1.165, 1.54) is 0 Å². The number of hydrogen-bond acceptors (Lipinski definition) is 5. The smallest absolute Gasteiger partial charge is 0.248 e. The molecule has 0 spiro atoms. The molecule has 3 rings (SSSR count). The zero-order valence-electron chi connectivity index (χ0n) is 14.9. The molecule has 6 heteroatoms. The maximum atomic E-state index is 12.5. The van der Waals surface area contributed by atoms with Crippen molar-refractivity contribution < 1.29 is 14.3 Å². The standard InChI is InChI=1S/C19H28N2O3S/c1-16(24-13-17-5-3-2-4-6-17)18(22)20-14-19(7-12-25-15-19)21-8-10-23-11-9-21/h2-6,16H,7-15H2,1H3,(H,20,22)/t16-,19-/m0/s1. The average molecular weight is 365 g/mol. The van der Waals surface area contributed by atoms with E-state index in [1.807, 2.05) is 49.0 Å². The molecule has 1 N–H and O–H groups in total. The van der Waals surface area contributed by atoms with Gasteiger partial charge >= 0.3 is 0 Å². The van der Waals surface area contributed by atoms with Crippen molar-refractivity contribution in [3.63, 3.8) is 0 Å². The van der Waals surface area contributed by atoms with E-state index in [1.54, 1.807) is 0 Å². The normalized spacial score (nSPS) is 25.6. The molecule has 2 saturated heterocycles. The summed E-state index contributed by atoms with van der Waals surface area (Å²) < 4.78 is 11.2. The van der Waals surface area contributed by atoms with Crippen molar-refractivity contribution in [2.24, 2.45) is 0 Å². The lowest BCUT2D eigenvalue weighted by atomic mass is 9.95. The number of rotatable bonds is 7. The molecule has 5 nitrogen and oxygen atoms in total. The number of nitrogens with one attached hydrogen (secondary N) is 1. The van der Waals surface area contributed by atoms with Gasteiger partial charge in [-0.3, -0.25) is 9.69 Å². The van der Waals surface area contributed by atoms with E-state index in [9.17, 15) is 4.79 Å². The molecule has 0 radical (unpaired) electrons. The molecule has 0 unspecified atom stereocenters. The van der Waals surface area contributed by atoms with Gasteiger partial charge in [-0.05, 0) is 24.7 Å². The molecule has 1 amide bonds. The summed E-state index contributed by atoms with van der Waals surface area (Å²) in [7, 11) is 0. The first kappa shape index (κ1) is 18.7. The Bertz CT molecular complexity index is 543. The lowest BCUT2D eigenvalue weighted by molar-refractivity contribution is -0.133. The first-order chi connectivity index (χ1) is 12.2. The molecule has 0 aromatic heterocycles. The van der Waals surface area contributed by atoms with Gasteiger partial charge in [-0.2, -0.15) is 11.8 Å². The number of carbonyl (C=O) groups is 1. The van der Waals surface area contributed by atoms with Crippen LogP contribution in [-0.2, 0) is 20.9 Å². The molecule has 1 aromatic rings. The van der Waals surface area contributed by atoms with Gasteiger partial charge in [0.15, 0.2) is 0 Å². The third-order valence-corrected chi connectivity index (χ3v) is 6.30. The zero-order chi connectivity index (χ0) is 17.5. The zero-order valence-corrected chi connectivity index (χ0v) is 15.7. The van der Waals surface area contributed by atoms with Crippen LogP contribution in [0, 0.1) is 0 Å². The SMILES string of the molecule is C[C@H](OCc1ccccc1)C(=O)NC[C@@]1(N2CCOCC2)CCSC1. The van der Waals surface area contributed by atoms with E-state index in [4.69, 9.17) is 9.47 Å². The second-order valence-electron chi connectivity index (χ2n) is 6.78. The van der Waals surface area contributed by atoms with Crippen LogP contribution >= 0.6 is 11.8 Å². The molecular formula is C19H28N2O3S. The first-order valence-electron chi connectivity index (χ1n) is 9.03. The van der Waals surface area contributed by atoms with Gasteiger partial charge < -0.3 is 14.8 Å². The van der Waals surface area contributed by atoms with Gasteiger partial charge in [-0.1, -0.05) is 30.3 Å². The molecule has 2 fully saturated rings. The minimum atomic E-state index is -0.448. The average Bonchev–Trinajstić information content (AvgIpc) is 3.16. The molecule has 0 saturated carbocycles. The number of carbonyl (C=O) groups excluding carboxylic acids is 1. The topological polar surface area (TPSA) is 50.8 Å². The van der Waals surface area contributed by atoms with Crippen LogP contribution in [0.3, 0.4) is 0 Å². The van der Waals surface area contributed by atoms with E-state index >= 15 is 0 Å². The van der Waals surface area contributed by atoms with Gasteiger partial charge in [0.1, 0.15) is 6.10 Å². The third-order valence-electron chi connectivity index (χ3n) is 5.07. The highest BCUT2D eigenvalue weighted by Crippen LogP contribution is 2.33. The van der Waals surface area contributed by atoms with Crippen LogP contribution in [-0.4, -0.2) is 66.8 Å². The molecule has 138 valence electrons. The van der Waals surface area contributed by atoms with Crippen molar-refractivity contribution in [2.45, 2.75) is 31.6 Å². The summed E-state index contributed by atoms with van der Waals surface area (Å²) in [5, 5.41) is 3.14. The van der Waals surface area contributed by atoms with Crippen LogP contribution in [0.25, 0.3) is 0 Å². The van der Waals surface area contributed by atoms with Crippen molar-refractivity contribution >= 4 is 17.7 Å². The number of thioether (sulfide) groups is 1. The van der Waals surface area contributed by atoms with Gasteiger partial charge in [0, 0.05) is 30.9 Å². The Balaban J connectivity index is 1.49. The highest BCUT2D eigenvalue weighted by molar-refractivity contribution is 7.99. The van der Waals surface area contributed by atoms with Crippen LogP contribution < -0.4 is 5.32 Å². The number of ether oxygens (including phenoxy) is 2. The summed E-state index contributed by atoms with van der Waals surface area (Å²) in [5.41, 5.74) is 1.16. The van der Waals surface area contributed by atoms with Crippen LogP contribution in [0.4, 0.5) is 0 Å². The number of amides is 1. The lowest BCUT2D eigenvalue weighted by Crippen LogP contribution is -2.59. The quantitative estimate of drug-likeness (QED) is 0.801. The molecule has 2 atom stereocenters. The Morgan fingerprint density at radius 2 is 2.12 bits per heavy atom. The summed E-state index contributed by atoms with van der Waals surface area (Å²) in [6, 6.07) is 9.95. The lowest BCUT2D eigenvalue weighted by Gasteiger charge is -2.43. The van der Waals surface area contributed by atoms with Crippen molar-refractivity contribution in [3.05, 3.63) is 35.9 Å². The molecule has 0 bridgehead atoms. The fourth-order valence-electron chi connectivity index (χ4n) is 3.40. The summed E-state index contributed by atoms with van der Waals surface area (Å²) in [4.78, 5) is 15.0. The van der Waals surface area contributed by atoms with Gasteiger partial charge in [-0.15, -0.1) is 0 Å². The number of morpholine rings is 1. The van der Waals surface area contributed by atoms with E-state index in [0.29, 0.717) is 13.2 Å². The largest absolute Gasteiger partial charge is 0.379 e. The van der Waals surface area contributed by atoms with Crippen LogP contribution in [0.15, 0.2) is 30.3 Å². The Kier molecular flexibility index (Phi) is 6.76. The number of nitrogens with zero attached hydrogens (tertiary/aromatic N) is 1. The molecular weight excluding hydrogens is 336 g/mol. The summed E-state index contributed by atoms with van der Waals surface area (Å²) in [6.45, 7) is 6.46. The van der Waals surface area contributed by atoms with Crippen LogP contribution in [0.2, 0.25) is 0 Å². The van der Waals surface area contributed by atoms with Crippen molar-refractivity contribution in [1.29, 1.82) is 0 Å². The Morgan fingerprint density at radius 3 is 2.80 bits per heavy atom. The Hall–Kier alpha value is -1.08. The predicted octanol–water partition coefficient (Wildman–Crippen LogP) is 1.92. The van der Waals surface area contributed by atoms with Crippen molar-refractivity contribution in [3.8, 4) is 0 Å². The number of hydrogen-bond donors (Lipinski definition) is 1. The van der Waals surface area contributed by atoms with E-state index < -0.39 is 6.10 Å². The summed E-state index contributed by atoms with van der Waals surface area (Å²) >= 11 is 1.98. The van der Waals surface area contributed by atoms with Gasteiger partial charge in [-0.25, -0.2) is 0 Å². The highest BCUT2D eigenvalue weighted by atomic mass is 32.2. The highest BCUT2D eigenvalue weighted by Gasteiger charge is 2.41. The monoisotopic (exact) mass is 364 g/mol. The Morgan fingerprint density at radius 1 is 1.36 bits per heavy atom. The van der Waals surface area contributed by atoms with E-state index in [-0.39, 0.29) is 11.4 Å². The summed E-state index contributed by atoms with van der Waals surface area (Å²) in [6.07, 6.45) is 0.674. The second kappa shape index (κ2) is 9.03. The molecule has 1 aromatic carbocycles. The van der Waals surface area contributed by atoms with Crippen LogP contribution in [0.5, 0.6) is 0 Å². The van der Waals surface area contributed by atoms with Gasteiger partial charge in [0.2, 0.25) is 5.91 Å². The minimum absolute atomic E-state index is 0.0273. The minimum Gasteiger partial charge on any atom is -0.379 e. The fourth-order valence-corrected chi connectivity index (χ4v) is 4.88. The maximum Gasteiger partial charge on any atom is 0.248 e. The molecule has 0 aliphatic carbocycles. The third kappa shape index (κ3) is 4.97. The second-order valence-corrected chi connectivity index (χ2v) is 7.89. The van der Waals surface area contributed by atoms with Crippen molar-refractivity contribution in [2.75, 3.05) is 44.4 Å². The molecule has 2 aliphatic heterocycles. The van der Waals surface area contributed by atoms with Gasteiger partial charge in [0.05, 0.1) is 19.8 Å². The van der Waals surface area contributed by atoms with Crippen molar-refractivity contribution in [1.82, 2.24) is 10.2 Å². The first-order valence-corrected chi connectivity index (χ1v) is 10.2. The molecule has 2 heterocycles. The number of benzene rings is 1. The fraction of sp³-hybridized carbons (Fsp3) is 0.632. The van der Waals surface area contributed by atoms with E-state index in [2.05, 4.69) is 10.2 Å². The summed E-state index contributed by atoms with van der Waals surface area (Å²) in [5.74, 6) is 2.21. The molecule has 25 heavy (non-hydrogen) atoms. The van der Waals surface area contributed by atoms with Crippen LogP contribution in [0.1, 0.15) is 18.9 Å². The van der Waals surface area contributed by atoms with Gasteiger partial charge in [0.25, 0.3) is 0 Å². The predicted molar refractivity (Wildman–Crippen MR) is 101 cm³/mol. The molecule has 2 aliphatic rings. The Labute approximate surface area is 154 Å².